The monoisotopic (exact) mass is 461 g/mol. The number of likely N-dealkylation sites (N-methyl/N-ethyl adjacent to an activating group) is 1. The van der Waals surface area contributed by atoms with Gasteiger partial charge in [0.1, 0.15) is 16.8 Å². The first-order valence-corrected chi connectivity index (χ1v) is 10.9. The van der Waals surface area contributed by atoms with E-state index in [1.54, 1.807) is 28.9 Å². The van der Waals surface area contributed by atoms with E-state index in [4.69, 9.17) is 26.8 Å². The van der Waals surface area contributed by atoms with Gasteiger partial charge in [0, 0.05) is 13.1 Å². The van der Waals surface area contributed by atoms with Gasteiger partial charge in [-0.2, -0.15) is 5.26 Å². The van der Waals surface area contributed by atoms with Crippen molar-refractivity contribution in [2.75, 3.05) is 27.3 Å². The summed E-state index contributed by atoms with van der Waals surface area (Å²) in [6, 6.07) is 4.97. The first kappa shape index (κ1) is 22.8. The van der Waals surface area contributed by atoms with E-state index in [0.29, 0.717) is 56.5 Å². The van der Waals surface area contributed by atoms with Crippen LogP contribution in [0.1, 0.15) is 32.4 Å². The van der Waals surface area contributed by atoms with Crippen LogP contribution in [0.5, 0.6) is 11.5 Å². The summed E-state index contributed by atoms with van der Waals surface area (Å²) in [6.45, 7) is 6.73. The second kappa shape index (κ2) is 9.12. The first-order chi connectivity index (χ1) is 14.8. The molecule has 2 aliphatic heterocycles. The van der Waals surface area contributed by atoms with Crippen LogP contribution in [-0.4, -0.2) is 48.2 Å². The van der Waals surface area contributed by atoms with E-state index in [1.807, 2.05) is 13.8 Å². The fourth-order valence-corrected chi connectivity index (χ4v) is 4.92. The van der Waals surface area contributed by atoms with Crippen molar-refractivity contribution < 1.29 is 14.3 Å². The maximum Gasteiger partial charge on any atom is 0.254 e. The van der Waals surface area contributed by atoms with E-state index in [2.05, 4.69) is 11.1 Å². The molecule has 0 radical (unpaired) electrons. The lowest BCUT2D eigenvalue weighted by atomic mass is 9.93. The molecule has 10 heteroatoms. The SMILES string of the molecule is CCN(CC)C(=O)C1=C(C)N=C2SC(C#N)=C(N)N2[C@H]1c1cc(Cl)c(OC)c(OC)c1. The van der Waals surface area contributed by atoms with Crippen molar-refractivity contribution in [3.8, 4) is 17.6 Å². The highest BCUT2D eigenvalue weighted by Gasteiger charge is 2.43. The summed E-state index contributed by atoms with van der Waals surface area (Å²) >= 11 is 7.66. The molecule has 2 aliphatic rings. The zero-order valence-corrected chi connectivity index (χ0v) is 19.6. The Morgan fingerprint density at radius 1 is 1.35 bits per heavy atom. The molecular formula is C21H24ClN5O3S. The number of benzene rings is 1. The molecule has 164 valence electrons. The summed E-state index contributed by atoms with van der Waals surface area (Å²) in [5, 5.41) is 10.4. The van der Waals surface area contributed by atoms with E-state index in [9.17, 15) is 10.1 Å². The van der Waals surface area contributed by atoms with Gasteiger partial charge in [-0.1, -0.05) is 11.6 Å². The van der Waals surface area contributed by atoms with Gasteiger partial charge in [0.05, 0.1) is 36.6 Å². The van der Waals surface area contributed by atoms with Crippen LogP contribution in [0.4, 0.5) is 0 Å². The zero-order chi connectivity index (χ0) is 22.9. The second-order valence-corrected chi connectivity index (χ2v) is 8.19. The number of amides is 1. The molecule has 0 fully saturated rings. The molecule has 31 heavy (non-hydrogen) atoms. The number of methoxy groups -OCH3 is 2. The van der Waals surface area contributed by atoms with Crippen molar-refractivity contribution >= 4 is 34.4 Å². The van der Waals surface area contributed by atoms with Gasteiger partial charge < -0.3 is 20.1 Å². The number of thioether (sulfide) groups is 1. The molecule has 2 N–H and O–H groups in total. The van der Waals surface area contributed by atoms with E-state index in [-0.39, 0.29) is 11.7 Å². The molecular weight excluding hydrogens is 438 g/mol. The summed E-state index contributed by atoms with van der Waals surface area (Å²) < 4.78 is 10.8. The van der Waals surface area contributed by atoms with Crippen LogP contribution in [0.2, 0.25) is 5.02 Å². The molecule has 0 spiro atoms. The van der Waals surface area contributed by atoms with Crippen molar-refractivity contribution in [2.24, 2.45) is 10.7 Å². The van der Waals surface area contributed by atoms with Crippen molar-refractivity contribution in [1.82, 2.24) is 9.80 Å². The third-order valence-corrected chi connectivity index (χ3v) is 6.49. The lowest BCUT2D eigenvalue weighted by Gasteiger charge is -2.37. The van der Waals surface area contributed by atoms with Gasteiger partial charge in [0.2, 0.25) is 0 Å². The Morgan fingerprint density at radius 2 is 2.03 bits per heavy atom. The Bertz CT molecular complexity index is 1060. The third kappa shape index (κ3) is 3.82. The largest absolute Gasteiger partial charge is 0.493 e. The van der Waals surface area contributed by atoms with Gasteiger partial charge in [-0.15, -0.1) is 0 Å². The van der Waals surface area contributed by atoms with Crippen LogP contribution in [0, 0.1) is 11.3 Å². The minimum atomic E-state index is -0.628. The molecule has 2 heterocycles. The minimum Gasteiger partial charge on any atom is -0.493 e. The normalized spacial score (nSPS) is 17.9. The van der Waals surface area contributed by atoms with Crippen LogP contribution in [0.3, 0.4) is 0 Å². The molecule has 8 nitrogen and oxygen atoms in total. The van der Waals surface area contributed by atoms with E-state index in [1.165, 1.54) is 26.0 Å². The highest BCUT2D eigenvalue weighted by atomic mass is 35.5. The average Bonchev–Trinajstić information content (AvgIpc) is 3.07. The van der Waals surface area contributed by atoms with Gasteiger partial charge in [-0.05, 0) is 50.2 Å². The average molecular weight is 462 g/mol. The number of ether oxygens (including phenoxy) is 2. The van der Waals surface area contributed by atoms with Crippen molar-refractivity contribution in [3.63, 3.8) is 0 Å². The number of nitrogens with zero attached hydrogens (tertiary/aromatic N) is 4. The number of carbonyl (C=O) groups excluding carboxylic acids is 1. The van der Waals surface area contributed by atoms with Gasteiger partial charge >= 0.3 is 0 Å². The van der Waals surface area contributed by atoms with Crippen LogP contribution >= 0.6 is 23.4 Å². The molecule has 3 rings (SSSR count). The number of rotatable bonds is 6. The number of allylic oxidation sites excluding steroid dienone is 2. The summed E-state index contributed by atoms with van der Waals surface area (Å²) in [5.41, 5.74) is 8.04. The standard InChI is InChI=1S/C21H24ClN5O3S/c1-6-26(7-2)20(28)16-11(3)25-21-27(19(24)15(10-23)31-21)17(16)12-8-13(22)18(30-5)14(9-12)29-4/h8-9,17H,6-7,24H2,1-5H3/t17-/m0/s1. The number of nitriles is 1. The molecule has 1 aromatic rings. The predicted octanol–water partition coefficient (Wildman–Crippen LogP) is 3.61. The smallest absolute Gasteiger partial charge is 0.254 e. The number of amidine groups is 1. The number of hydrogen-bond acceptors (Lipinski definition) is 8. The number of hydrogen-bond donors (Lipinski definition) is 1. The fraction of sp³-hybridized carbons (Fsp3) is 0.381. The highest BCUT2D eigenvalue weighted by molar-refractivity contribution is 8.17. The van der Waals surface area contributed by atoms with Crippen LogP contribution in [-0.2, 0) is 4.79 Å². The number of fused-ring (bicyclic) bond motifs is 1. The number of nitrogens with two attached hydrogens (primary N) is 1. The lowest BCUT2D eigenvalue weighted by molar-refractivity contribution is -0.127. The van der Waals surface area contributed by atoms with E-state index < -0.39 is 6.04 Å². The Labute approximate surface area is 190 Å². The van der Waals surface area contributed by atoms with Crippen LogP contribution in [0.15, 0.2) is 39.1 Å². The van der Waals surface area contributed by atoms with Crippen molar-refractivity contribution in [1.29, 1.82) is 5.26 Å². The first-order valence-electron chi connectivity index (χ1n) is 9.69. The van der Waals surface area contributed by atoms with Gasteiger partial charge in [-0.3, -0.25) is 9.69 Å². The van der Waals surface area contributed by atoms with Gasteiger partial charge in [0.25, 0.3) is 5.91 Å². The van der Waals surface area contributed by atoms with Gasteiger partial charge in [-0.25, -0.2) is 4.99 Å². The summed E-state index contributed by atoms with van der Waals surface area (Å²) in [4.78, 5) is 21.9. The molecule has 1 aromatic carbocycles. The second-order valence-electron chi connectivity index (χ2n) is 6.81. The van der Waals surface area contributed by atoms with Crippen LogP contribution < -0.4 is 15.2 Å². The number of aliphatic imine (C=N–C) groups is 1. The molecule has 0 aliphatic carbocycles. The molecule has 1 amide bonds. The molecule has 0 unspecified atom stereocenters. The maximum atomic E-state index is 13.5. The van der Waals surface area contributed by atoms with Crippen molar-refractivity contribution in [2.45, 2.75) is 26.8 Å². The maximum absolute atomic E-state index is 13.5. The van der Waals surface area contributed by atoms with E-state index >= 15 is 0 Å². The highest BCUT2D eigenvalue weighted by Crippen LogP contribution is 2.48. The molecule has 0 bridgehead atoms. The fourth-order valence-electron chi connectivity index (χ4n) is 3.71. The van der Waals surface area contributed by atoms with Gasteiger partial charge in [0.15, 0.2) is 16.7 Å². The Balaban J connectivity index is 2.27. The molecule has 0 saturated heterocycles. The van der Waals surface area contributed by atoms with Crippen molar-refractivity contribution in [3.05, 3.63) is 44.7 Å². The van der Waals surface area contributed by atoms with E-state index in [0.717, 1.165) is 0 Å². The molecule has 1 atom stereocenters. The third-order valence-electron chi connectivity index (χ3n) is 5.23. The summed E-state index contributed by atoms with van der Waals surface area (Å²) in [7, 11) is 3.02. The zero-order valence-electron chi connectivity index (χ0n) is 18.0. The Kier molecular flexibility index (Phi) is 6.72. The molecule has 0 saturated carbocycles. The Hall–Kier alpha value is -2.83. The summed E-state index contributed by atoms with van der Waals surface area (Å²) in [5.74, 6) is 0.923. The lowest BCUT2D eigenvalue weighted by Crippen LogP contribution is -2.42. The summed E-state index contributed by atoms with van der Waals surface area (Å²) in [6.07, 6.45) is 0. The predicted molar refractivity (Wildman–Crippen MR) is 122 cm³/mol. The topological polar surface area (TPSA) is 104 Å². The molecule has 0 aromatic heterocycles. The number of halogens is 1. The quantitative estimate of drug-likeness (QED) is 0.689. The number of carbonyl (C=O) groups is 1. The Morgan fingerprint density at radius 3 is 2.58 bits per heavy atom. The van der Waals surface area contributed by atoms with Crippen LogP contribution in [0.25, 0.3) is 0 Å². The minimum absolute atomic E-state index is 0.149.